The Kier molecular flexibility index (Phi) is 11.6. The number of benzene rings is 2. The minimum atomic E-state index is -0.652. The van der Waals surface area contributed by atoms with Crippen LogP contribution in [-0.4, -0.2) is 65.9 Å². The van der Waals surface area contributed by atoms with Gasteiger partial charge in [0.15, 0.2) is 0 Å². The van der Waals surface area contributed by atoms with Gasteiger partial charge in [0.2, 0.25) is 17.7 Å². The third-order valence-corrected chi connectivity index (χ3v) is 6.24. The van der Waals surface area contributed by atoms with Crippen molar-refractivity contribution in [3.8, 4) is 0 Å². The smallest absolute Gasteiger partial charge is 0.290 e. The Balaban J connectivity index is 0.00000145. The molecule has 0 aromatic heterocycles. The van der Waals surface area contributed by atoms with Gasteiger partial charge in [0.05, 0.1) is 12.1 Å². The highest BCUT2D eigenvalue weighted by atomic mass is 16.3. The summed E-state index contributed by atoms with van der Waals surface area (Å²) in [7, 11) is 1.70. The minimum Gasteiger partial charge on any atom is -0.483 e. The Morgan fingerprint density at radius 2 is 1.56 bits per heavy atom. The van der Waals surface area contributed by atoms with E-state index in [4.69, 9.17) is 9.90 Å². The van der Waals surface area contributed by atoms with E-state index < -0.39 is 18.1 Å². The lowest BCUT2D eigenvalue weighted by Crippen LogP contribution is -2.55. The second kappa shape index (κ2) is 14.6. The molecule has 3 atom stereocenters. The van der Waals surface area contributed by atoms with E-state index in [0.717, 1.165) is 17.5 Å². The Labute approximate surface area is 212 Å². The van der Waals surface area contributed by atoms with E-state index in [-0.39, 0.29) is 30.2 Å². The molecule has 0 unspecified atom stereocenters. The summed E-state index contributed by atoms with van der Waals surface area (Å²) < 4.78 is 0. The molecular formula is C27H36N4O5. The van der Waals surface area contributed by atoms with Crippen LogP contribution in [-0.2, 0) is 19.2 Å². The van der Waals surface area contributed by atoms with Crippen molar-refractivity contribution in [2.24, 2.45) is 0 Å². The summed E-state index contributed by atoms with van der Waals surface area (Å²) >= 11 is 0. The zero-order chi connectivity index (χ0) is 26.5. The molecule has 0 spiro atoms. The molecule has 1 aliphatic rings. The number of hydrogen-bond acceptors (Lipinski definition) is 5. The normalized spacial score (nSPS) is 16.3. The summed E-state index contributed by atoms with van der Waals surface area (Å²) in [4.78, 5) is 49.0. The van der Waals surface area contributed by atoms with Gasteiger partial charge in [0.25, 0.3) is 6.47 Å². The number of rotatable bonds is 9. The van der Waals surface area contributed by atoms with Crippen LogP contribution in [0.2, 0.25) is 0 Å². The van der Waals surface area contributed by atoms with E-state index in [9.17, 15) is 14.4 Å². The number of carboxylic acid groups (broad SMARTS) is 1. The Bertz CT molecular complexity index is 947. The van der Waals surface area contributed by atoms with E-state index >= 15 is 0 Å². The number of likely N-dealkylation sites (N-methyl/N-ethyl adjacent to an activating group) is 1. The fourth-order valence-electron chi connectivity index (χ4n) is 4.16. The maximum absolute atomic E-state index is 13.4. The van der Waals surface area contributed by atoms with Crippen molar-refractivity contribution in [2.75, 3.05) is 13.6 Å². The molecule has 3 amide bonds. The minimum absolute atomic E-state index is 0.177. The van der Waals surface area contributed by atoms with Gasteiger partial charge >= 0.3 is 0 Å². The average molecular weight is 497 g/mol. The molecule has 0 saturated carbocycles. The Morgan fingerprint density at radius 3 is 2.03 bits per heavy atom. The quantitative estimate of drug-likeness (QED) is 0.394. The molecule has 0 radical (unpaired) electrons. The summed E-state index contributed by atoms with van der Waals surface area (Å²) in [5.41, 5.74) is 1.96. The summed E-state index contributed by atoms with van der Waals surface area (Å²) in [5.74, 6) is -0.614. The first kappa shape index (κ1) is 28.5. The van der Waals surface area contributed by atoms with Crippen molar-refractivity contribution in [1.82, 2.24) is 20.9 Å². The van der Waals surface area contributed by atoms with Crippen molar-refractivity contribution in [2.45, 2.75) is 57.3 Å². The van der Waals surface area contributed by atoms with Crippen LogP contribution in [0.5, 0.6) is 0 Å². The molecular weight excluding hydrogens is 460 g/mol. The zero-order valence-electron chi connectivity index (χ0n) is 21.0. The predicted octanol–water partition coefficient (Wildman–Crippen LogP) is 2.09. The second-order valence-corrected chi connectivity index (χ2v) is 8.54. The maximum atomic E-state index is 13.4. The molecule has 3 rings (SSSR count). The molecule has 1 fully saturated rings. The lowest BCUT2D eigenvalue weighted by Gasteiger charge is -2.30. The summed E-state index contributed by atoms with van der Waals surface area (Å²) in [6, 6.07) is 17.7. The summed E-state index contributed by atoms with van der Waals surface area (Å²) in [6.07, 6.45) is 1.82. The average Bonchev–Trinajstić information content (AvgIpc) is 3.41. The third-order valence-electron chi connectivity index (χ3n) is 6.24. The first-order valence-corrected chi connectivity index (χ1v) is 12.1. The van der Waals surface area contributed by atoms with Gasteiger partial charge in [-0.15, -0.1) is 0 Å². The number of nitrogens with one attached hydrogen (secondary N) is 3. The molecule has 9 heteroatoms. The first-order valence-electron chi connectivity index (χ1n) is 12.1. The van der Waals surface area contributed by atoms with Crippen LogP contribution >= 0.6 is 0 Å². The van der Waals surface area contributed by atoms with Crippen LogP contribution < -0.4 is 16.0 Å². The number of hydrogen-bond donors (Lipinski definition) is 4. The highest BCUT2D eigenvalue weighted by molar-refractivity contribution is 5.93. The monoisotopic (exact) mass is 496 g/mol. The Morgan fingerprint density at radius 1 is 1.03 bits per heavy atom. The first-order chi connectivity index (χ1) is 17.4. The highest BCUT2D eigenvalue weighted by Crippen LogP contribution is 2.25. The molecule has 1 heterocycles. The largest absolute Gasteiger partial charge is 0.483 e. The molecule has 2 aromatic rings. The molecule has 9 nitrogen and oxygen atoms in total. The van der Waals surface area contributed by atoms with Crippen molar-refractivity contribution in [1.29, 1.82) is 0 Å². The third kappa shape index (κ3) is 7.64. The number of carbonyl (C=O) groups excluding carboxylic acids is 3. The van der Waals surface area contributed by atoms with Gasteiger partial charge in [0, 0.05) is 6.54 Å². The van der Waals surface area contributed by atoms with E-state index in [1.54, 1.807) is 18.9 Å². The fraction of sp³-hybridized carbons (Fsp3) is 0.407. The van der Waals surface area contributed by atoms with Gasteiger partial charge in [-0.3, -0.25) is 19.2 Å². The maximum Gasteiger partial charge on any atom is 0.290 e. The van der Waals surface area contributed by atoms with E-state index in [0.29, 0.717) is 19.4 Å². The van der Waals surface area contributed by atoms with Crippen molar-refractivity contribution < 1.29 is 24.3 Å². The number of nitrogens with zero attached hydrogens (tertiary/aromatic N) is 1. The Hall–Kier alpha value is -3.72. The standard InChI is InChI=1S/C26H34N4O3.CH2O2/c1-4-21(28-24(31)18(2)27-3)26(33)30-17-11-16-22(30)25(32)29-23(19-12-7-5-8-13-19)20-14-9-6-10-15-20;2-1-3/h5-10,12-15,18,21-23,27H,4,11,16-17H2,1-3H3,(H,28,31)(H,29,32);1H,(H,2,3)/t18-,21-,22-;/m0./s1. The highest BCUT2D eigenvalue weighted by Gasteiger charge is 2.38. The van der Waals surface area contributed by atoms with E-state index in [1.807, 2.05) is 67.6 Å². The predicted molar refractivity (Wildman–Crippen MR) is 137 cm³/mol. The van der Waals surface area contributed by atoms with Gasteiger partial charge in [0.1, 0.15) is 12.1 Å². The van der Waals surface area contributed by atoms with E-state index in [1.165, 1.54) is 0 Å². The zero-order valence-corrected chi connectivity index (χ0v) is 21.0. The molecule has 0 aliphatic carbocycles. The van der Waals surface area contributed by atoms with Crippen molar-refractivity contribution in [3.05, 3.63) is 71.8 Å². The second-order valence-electron chi connectivity index (χ2n) is 8.54. The van der Waals surface area contributed by atoms with Crippen LogP contribution in [0.1, 0.15) is 50.3 Å². The topological polar surface area (TPSA) is 128 Å². The summed E-state index contributed by atoms with van der Waals surface area (Å²) in [6.45, 7) is 3.86. The molecule has 0 bridgehead atoms. The molecule has 4 N–H and O–H groups in total. The van der Waals surface area contributed by atoms with E-state index in [2.05, 4.69) is 16.0 Å². The number of amides is 3. The molecule has 194 valence electrons. The van der Waals surface area contributed by atoms with Crippen molar-refractivity contribution in [3.63, 3.8) is 0 Å². The van der Waals surface area contributed by atoms with Crippen LogP contribution in [0, 0.1) is 0 Å². The molecule has 1 aliphatic heterocycles. The van der Waals surface area contributed by atoms with Crippen LogP contribution in [0.4, 0.5) is 0 Å². The fourth-order valence-corrected chi connectivity index (χ4v) is 4.16. The van der Waals surface area contributed by atoms with Crippen LogP contribution in [0.3, 0.4) is 0 Å². The van der Waals surface area contributed by atoms with Gasteiger partial charge < -0.3 is 26.0 Å². The van der Waals surface area contributed by atoms with Crippen molar-refractivity contribution >= 4 is 24.2 Å². The van der Waals surface area contributed by atoms with Gasteiger partial charge in [-0.2, -0.15) is 0 Å². The molecule has 2 aromatic carbocycles. The number of likely N-dealkylation sites (tertiary alicyclic amines) is 1. The van der Waals surface area contributed by atoms with Gasteiger partial charge in [-0.1, -0.05) is 67.6 Å². The lowest BCUT2D eigenvalue weighted by atomic mass is 9.98. The lowest BCUT2D eigenvalue weighted by molar-refractivity contribution is -0.141. The van der Waals surface area contributed by atoms with Gasteiger partial charge in [-0.25, -0.2) is 0 Å². The summed E-state index contributed by atoms with van der Waals surface area (Å²) in [5, 5.41) is 15.8. The van der Waals surface area contributed by atoms with Crippen LogP contribution in [0.25, 0.3) is 0 Å². The molecule has 1 saturated heterocycles. The van der Waals surface area contributed by atoms with Gasteiger partial charge in [-0.05, 0) is 44.4 Å². The SMILES string of the molecule is CC[C@H](NC(=O)[C@H](C)NC)C(=O)N1CCC[C@H]1C(=O)NC(c1ccccc1)c1ccccc1.O=CO. The van der Waals surface area contributed by atoms with Crippen LogP contribution in [0.15, 0.2) is 60.7 Å². The molecule has 36 heavy (non-hydrogen) atoms. The number of carbonyl (C=O) groups is 4.